The highest BCUT2D eigenvalue weighted by atomic mass is 35.5. The number of rotatable bonds is 10. The second kappa shape index (κ2) is 12.1. The fourth-order valence-corrected chi connectivity index (χ4v) is 3.94. The van der Waals surface area contributed by atoms with Crippen molar-refractivity contribution >= 4 is 23.4 Å². The molecule has 0 saturated heterocycles. The molecular weight excluding hydrogens is 420 g/mol. The molecule has 0 heterocycles. The maximum absolute atomic E-state index is 13.5. The van der Waals surface area contributed by atoms with Crippen molar-refractivity contribution in [1.29, 1.82) is 0 Å². The van der Waals surface area contributed by atoms with Crippen LogP contribution in [0.4, 0.5) is 0 Å². The number of amides is 2. The smallest absolute Gasteiger partial charge is 0.243 e. The third kappa shape index (κ3) is 6.69. The molecule has 0 unspecified atom stereocenters. The Labute approximate surface area is 195 Å². The molecule has 0 aliphatic heterocycles. The number of aryl methyl sites for hydroxylation is 1. The normalized spacial score (nSPS) is 11.6. The van der Waals surface area contributed by atoms with Crippen LogP contribution < -0.4 is 5.32 Å². The number of likely N-dealkylation sites (N-methyl/N-ethyl adjacent to an activating group) is 1. The van der Waals surface area contributed by atoms with E-state index in [0.717, 1.165) is 16.7 Å². The van der Waals surface area contributed by atoms with Crippen molar-refractivity contribution < 1.29 is 9.59 Å². The molecule has 0 radical (unpaired) electrons. The van der Waals surface area contributed by atoms with E-state index in [2.05, 4.69) is 5.32 Å². The second-order valence-corrected chi connectivity index (χ2v) is 8.11. The molecule has 0 spiro atoms. The summed E-state index contributed by atoms with van der Waals surface area (Å²) in [6.07, 6.45) is 1.26. The van der Waals surface area contributed by atoms with Crippen LogP contribution in [0.25, 0.3) is 0 Å². The second-order valence-electron chi connectivity index (χ2n) is 7.70. The maximum atomic E-state index is 13.5. The Morgan fingerprint density at radius 2 is 1.47 bits per heavy atom. The van der Waals surface area contributed by atoms with E-state index in [9.17, 15) is 9.59 Å². The summed E-state index contributed by atoms with van der Waals surface area (Å²) < 4.78 is 0. The molecule has 0 aliphatic carbocycles. The standard InChI is InChI=1S/C27H29ClN2O2/c1-2-29-27(32)25(19-21-11-5-3-6-12-21)30(20-22-13-7-4-8-14-22)26(31)18-17-23-15-9-10-16-24(23)28/h3-16,25H,2,17-20H2,1H3,(H,29,32)/t25-/m1/s1. The third-order valence-electron chi connectivity index (χ3n) is 5.38. The Kier molecular flexibility index (Phi) is 8.88. The molecule has 1 atom stereocenters. The number of hydrogen-bond donors (Lipinski definition) is 1. The van der Waals surface area contributed by atoms with Gasteiger partial charge in [-0.3, -0.25) is 9.59 Å². The average molecular weight is 449 g/mol. The molecule has 0 aromatic heterocycles. The van der Waals surface area contributed by atoms with Crippen molar-refractivity contribution in [2.75, 3.05) is 6.54 Å². The topological polar surface area (TPSA) is 49.4 Å². The van der Waals surface area contributed by atoms with E-state index in [1.807, 2.05) is 91.9 Å². The Morgan fingerprint density at radius 3 is 2.09 bits per heavy atom. The van der Waals surface area contributed by atoms with Gasteiger partial charge in [0, 0.05) is 31.0 Å². The molecule has 0 aliphatic rings. The molecule has 4 nitrogen and oxygen atoms in total. The Balaban J connectivity index is 1.87. The van der Waals surface area contributed by atoms with Crippen molar-refractivity contribution in [1.82, 2.24) is 10.2 Å². The molecule has 5 heteroatoms. The van der Waals surface area contributed by atoms with Gasteiger partial charge >= 0.3 is 0 Å². The minimum atomic E-state index is -0.601. The van der Waals surface area contributed by atoms with Crippen LogP contribution in [0.15, 0.2) is 84.9 Å². The minimum absolute atomic E-state index is 0.0686. The van der Waals surface area contributed by atoms with Crippen molar-refractivity contribution in [3.63, 3.8) is 0 Å². The quantitative estimate of drug-likeness (QED) is 0.472. The largest absolute Gasteiger partial charge is 0.355 e. The van der Waals surface area contributed by atoms with Crippen molar-refractivity contribution in [2.45, 2.75) is 38.8 Å². The highest BCUT2D eigenvalue weighted by Crippen LogP contribution is 2.20. The van der Waals surface area contributed by atoms with Crippen LogP contribution in [0.1, 0.15) is 30.0 Å². The van der Waals surface area contributed by atoms with Gasteiger partial charge in [0.05, 0.1) is 0 Å². The first-order chi connectivity index (χ1) is 15.6. The van der Waals surface area contributed by atoms with Crippen LogP contribution >= 0.6 is 11.6 Å². The molecule has 0 bridgehead atoms. The summed E-state index contributed by atoms with van der Waals surface area (Å²) in [7, 11) is 0. The number of carbonyl (C=O) groups excluding carboxylic acids is 2. The Bertz CT molecular complexity index is 1010. The summed E-state index contributed by atoms with van der Waals surface area (Å²) in [6.45, 7) is 2.77. The van der Waals surface area contributed by atoms with E-state index in [0.29, 0.717) is 31.0 Å². The van der Waals surface area contributed by atoms with E-state index in [1.165, 1.54) is 0 Å². The first-order valence-corrected chi connectivity index (χ1v) is 11.3. The van der Waals surface area contributed by atoms with Gasteiger partial charge in [-0.1, -0.05) is 90.5 Å². The van der Waals surface area contributed by atoms with Crippen molar-refractivity contribution in [3.05, 3.63) is 107 Å². The lowest BCUT2D eigenvalue weighted by molar-refractivity contribution is -0.141. The molecule has 2 amide bonds. The van der Waals surface area contributed by atoms with Gasteiger partial charge in [0.2, 0.25) is 11.8 Å². The van der Waals surface area contributed by atoms with E-state index in [-0.39, 0.29) is 18.2 Å². The van der Waals surface area contributed by atoms with Gasteiger partial charge in [0.15, 0.2) is 0 Å². The summed E-state index contributed by atoms with van der Waals surface area (Å²) in [6, 6.07) is 26.6. The molecule has 32 heavy (non-hydrogen) atoms. The fourth-order valence-electron chi connectivity index (χ4n) is 3.71. The van der Waals surface area contributed by atoms with Crippen LogP contribution in [0.3, 0.4) is 0 Å². The molecular formula is C27H29ClN2O2. The highest BCUT2D eigenvalue weighted by molar-refractivity contribution is 6.31. The highest BCUT2D eigenvalue weighted by Gasteiger charge is 2.29. The van der Waals surface area contributed by atoms with Gasteiger partial charge in [0.25, 0.3) is 0 Å². The number of carbonyl (C=O) groups is 2. The summed E-state index contributed by atoms with van der Waals surface area (Å²) in [5.74, 6) is -0.209. The van der Waals surface area contributed by atoms with Gasteiger partial charge in [-0.25, -0.2) is 0 Å². The van der Waals surface area contributed by atoms with Gasteiger partial charge in [-0.15, -0.1) is 0 Å². The number of hydrogen-bond acceptors (Lipinski definition) is 2. The number of nitrogens with zero attached hydrogens (tertiary/aromatic N) is 1. The summed E-state index contributed by atoms with van der Waals surface area (Å²) >= 11 is 6.29. The van der Waals surface area contributed by atoms with Crippen LogP contribution in [0.2, 0.25) is 5.02 Å². The van der Waals surface area contributed by atoms with Gasteiger partial charge in [-0.2, -0.15) is 0 Å². The van der Waals surface area contributed by atoms with Crippen molar-refractivity contribution in [2.24, 2.45) is 0 Å². The summed E-state index contributed by atoms with van der Waals surface area (Å²) in [4.78, 5) is 28.3. The Hall–Kier alpha value is -3.11. The molecule has 3 aromatic rings. The van der Waals surface area contributed by atoms with Crippen LogP contribution in [0.5, 0.6) is 0 Å². The molecule has 0 saturated carbocycles. The molecule has 3 rings (SSSR count). The average Bonchev–Trinajstić information content (AvgIpc) is 2.82. The molecule has 0 fully saturated rings. The molecule has 1 N–H and O–H groups in total. The predicted molar refractivity (Wildman–Crippen MR) is 129 cm³/mol. The minimum Gasteiger partial charge on any atom is -0.355 e. The number of benzene rings is 3. The predicted octanol–water partition coefficient (Wildman–Crippen LogP) is 5.05. The first-order valence-electron chi connectivity index (χ1n) is 11.0. The van der Waals surface area contributed by atoms with Crippen LogP contribution in [-0.2, 0) is 29.0 Å². The van der Waals surface area contributed by atoms with Gasteiger partial charge in [0.1, 0.15) is 6.04 Å². The van der Waals surface area contributed by atoms with E-state index in [4.69, 9.17) is 11.6 Å². The molecule has 166 valence electrons. The monoisotopic (exact) mass is 448 g/mol. The van der Waals surface area contributed by atoms with Crippen LogP contribution in [0, 0.1) is 0 Å². The summed E-state index contributed by atoms with van der Waals surface area (Å²) in [5.41, 5.74) is 2.93. The lowest BCUT2D eigenvalue weighted by Gasteiger charge is -2.31. The van der Waals surface area contributed by atoms with E-state index >= 15 is 0 Å². The zero-order chi connectivity index (χ0) is 22.8. The maximum Gasteiger partial charge on any atom is 0.243 e. The van der Waals surface area contributed by atoms with Gasteiger partial charge in [-0.05, 0) is 36.1 Å². The first kappa shape index (κ1) is 23.6. The number of halogens is 1. The lowest BCUT2D eigenvalue weighted by atomic mass is 10.0. The Morgan fingerprint density at radius 1 is 0.875 bits per heavy atom. The number of nitrogens with one attached hydrogen (secondary N) is 1. The van der Waals surface area contributed by atoms with Crippen molar-refractivity contribution in [3.8, 4) is 0 Å². The fraction of sp³-hybridized carbons (Fsp3) is 0.259. The SMILES string of the molecule is CCNC(=O)[C@@H](Cc1ccccc1)N(Cc1ccccc1)C(=O)CCc1ccccc1Cl. The van der Waals surface area contributed by atoms with E-state index in [1.54, 1.807) is 4.90 Å². The zero-order valence-corrected chi connectivity index (χ0v) is 19.1. The van der Waals surface area contributed by atoms with E-state index < -0.39 is 6.04 Å². The lowest BCUT2D eigenvalue weighted by Crippen LogP contribution is -2.50. The van der Waals surface area contributed by atoms with Crippen LogP contribution in [-0.4, -0.2) is 29.3 Å². The molecule has 3 aromatic carbocycles. The summed E-state index contributed by atoms with van der Waals surface area (Å²) in [5, 5.41) is 3.57. The zero-order valence-electron chi connectivity index (χ0n) is 18.3. The third-order valence-corrected chi connectivity index (χ3v) is 5.75. The van der Waals surface area contributed by atoms with Gasteiger partial charge < -0.3 is 10.2 Å².